The molecule has 0 unspecified atom stereocenters. The molecule has 5 heteroatoms. The highest BCUT2D eigenvalue weighted by Crippen LogP contribution is 2.61. The maximum Gasteiger partial charge on any atom is 0.240 e. The molecular weight excluding hydrogens is 328 g/mol. The minimum absolute atomic E-state index is 0.0451. The molecule has 4 fully saturated rings. The van der Waals surface area contributed by atoms with Crippen LogP contribution in [0.3, 0.4) is 0 Å². The maximum atomic E-state index is 12.5. The highest BCUT2D eigenvalue weighted by Gasteiger charge is 2.51. The predicted octanol–water partition coefficient (Wildman–Crippen LogP) is 3.76. The molecule has 26 heavy (non-hydrogen) atoms. The van der Waals surface area contributed by atoms with Crippen molar-refractivity contribution in [1.82, 2.24) is 5.43 Å². The number of hydrogen-bond donors (Lipinski definition) is 1. The van der Waals surface area contributed by atoms with Crippen molar-refractivity contribution in [3.05, 3.63) is 23.8 Å². The van der Waals surface area contributed by atoms with Gasteiger partial charge in [0.2, 0.25) is 5.91 Å². The molecule has 0 radical (unpaired) electrons. The number of rotatable bonds is 6. The van der Waals surface area contributed by atoms with Crippen molar-refractivity contribution in [3.63, 3.8) is 0 Å². The van der Waals surface area contributed by atoms with Crippen molar-refractivity contribution in [2.24, 2.45) is 28.3 Å². The highest BCUT2D eigenvalue weighted by atomic mass is 16.5. The first-order valence-electron chi connectivity index (χ1n) is 9.63. The lowest BCUT2D eigenvalue weighted by molar-refractivity contribution is -0.129. The maximum absolute atomic E-state index is 12.5. The first kappa shape index (κ1) is 17.4. The molecule has 4 bridgehead atoms. The van der Waals surface area contributed by atoms with E-state index in [1.54, 1.807) is 20.4 Å². The van der Waals surface area contributed by atoms with Crippen molar-refractivity contribution in [3.8, 4) is 11.5 Å². The lowest BCUT2D eigenvalue weighted by Gasteiger charge is -2.56. The van der Waals surface area contributed by atoms with Gasteiger partial charge in [-0.1, -0.05) is 0 Å². The van der Waals surface area contributed by atoms with Gasteiger partial charge in [0.05, 0.1) is 20.4 Å². The first-order valence-corrected chi connectivity index (χ1v) is 9.63. The second-order valence-corrected chi connectivity index (χ2v) is 8.50. The summed E-state index contributed by atoms with van der Waals surface area (Å²) in [4.78, 5) is 12.5. The Kier molecular flexibility index (Phi) is 4.63. The van der Waals surface area contributed by atoms with Crippen LogP contribution >= 0.6 is 0 Å². The Balaban J connectivity index is 1.35. The quantitative estimate of drug-likeness (QED) is 0.624. The normalized spacial score (nSPS) is 32.0. The van der Waals surface area contributed by atoms with Gasteiger partial charge in [0.1, 0.15) is 0 Å². The van der Waals surface area contributed by atoms with Crippen LogP contribution in [0.2, 0.25) is 0 Å². The Morgan fingerprint density at radius 3 is 2.31 bits per heavy atom. The number of carbonyl (C=O) groups excluding carboxylic acids is 1. The zero-order valence-corrected chi connectivity index (χ0v) is 15.7. The minimum Gasteiger partial charge on any atom is -0.493 e. The van der Waals surface area contributed by atoms with Gasteiger partial charge in [-0.05, 0) is 85.5 Å². The van der Waals surface area contributed by atoms with Crippen molar-refractivity contribution in [1.29, 1.82) is 0 Å². The third kappa shape index (κ3) is 3.44. The van der Waals surface area contributed by atoms with E-state index in [0.717, 1.165) is 23.3 Å². The van der Waals surface area contributed by atoms with E-state index in [1.807, 2.05) is 18.2 Å². The van der Waals surface area contributed by atoms with Crippen molar-refractivity contribution in [2.45, 2.75) is 44.9 Å². The van der Waals surface area contributed by atoms with Crippen LogP contribution in [0.25, 0.3) is 0 Å². The number of methoxy groups -OCH3 is 2. The van der Waals surface area contributed by atoms with Crippen molar-refractivity contribution in [2.75, 3.05) is 14.2 Å². The predicted molar refractivity (Wildman–Crippen MR) is 101 cm³/mol. The van der Waals surface area contributed by atoms with E-state index in [1.165, 1.54) is 38.5 Å². The summed E-state index contributed by atoms with van der Waals surface area (Å²) in [7, 11) is 3.21. The van der Waals surface area contributed by atoms with Crippen LogP contribution in [0, 0.1) is 23.2 Å². The fourth-order valence-corrected chi connectivity index (χ4v) is 6.00. The average molecular weight is 356 g/mol. The fraction of sp³-hybridized carbons (Fsp3) is 0.619. The summed E-state index contributed by atoms with van der Waals surface area (Å²) in [6.07, 6.45) is 10.2. The van der Waals surface area contributed by atoms with E-state index in [4.69, 9.17) is 9.47 Å². The molecule has 1 amide bonds. The molecule has 5 rings (SSSR count). The molecule has 4 aliphatic rings. The topological polar surface area (TPSA) is 59.9 Å². The third-order valence-electron chi connectivity index (χ3n) is 6.51. The van der Waals surface area contributed by atoms with E-state index < -0.39 is 0 Å². The molecular formula is C21H28N2O3. The Bertz CT molecular complexity index is 678. The van der Waals surface area contributed by atoms with E-state index in [0.29, 0.717) is 17.9 Å². The Labute approximate surface area is 155 Å². The summed E-state index contributed by atoms with van der Waals surface area (Å²) >= 11 is 0. The van der Waals surface area contributed by atoms with Crippen LogP contribution in [0.5, 0.6) is 11.5 Å². The van der Waals surface area contributed by atoms with Gasteiger partial charge in [0.15, 0.2) is 11.5 Å². The summed E-state index contributed by atoms with van der Waals surface area (Å²) in [5, 5.41) is 4.15. The van der Waals surface area contributed by atoms with Crippen LogP contribution in [-0.2, 0) is 4.79 Å². The smallest absolute Gasteiger partial charge is 0.240 e. The number of nitrogens with one attached hydrogen (secondary N) is 1. The SMILES string of the molecule is COc1ccc(/C=N\NC(=O)CC23CC4CC(CC(C4)C2)C3)cc1OC. The highest BCUT2D eigenvalue weighted by molar-refractivity contribution is 5.83. The van der Waals surface area contributed by atoms with Crippen molar-refractivity contribution >= 4 is 12.1 Å². The molecule has 0 heterocycles. The minimum atomic E-state index is 0.0451. The van der Waals surface area contributed by atoms with Gasteiger partial charge in [-0.25, -0.2) is 5.43 Å². The van der Waals surface area contributed by atoms with Crippen LogP contribution < -0.4 is 14.9 Å². The Morgan fingerprint density at radius 1 is 1.12 bits per heavy atom. The van der Waals surface area contributed by atoms with Crippen LogP contribution in [0.4, 0.5) is 0 Å². The summed E-state index contributed by atoms with van der Waals surface area (Å²) in [5.41, 5.74) is 3.84. The number of carbonyl (C=O) groups is 1. The largest absolute Gasteiger partial charge is 0.493 e. The van der Waals surface area contributed by atoms with Gasteiger partial charge in [-0.15, -0.1) is 0 Å². The van der Waals surface area contributed by atoms with Gasteiger partial charge in [0.25, 0.3) is 0 Å². The average Bonchev–Trinajstić information content (AvgIpc) is 2.59. The van der Waals surface area contributed by atoms with Gasteiger partial charge >= 0.3 is 0 Å². The number of benzene rings is 1. The summed E-state index contributed by atoms with van der Waals surface area (Å²) in [6.45, 7) is 0. The molecule has 0 aromatic heterocycles. The van der Waals surface area contributed by atoms with E-state index in [-0.39, 0.29) is 11.3 Å². The molecule has 0 spiro atoms. The van der Waals surface area contributed by atoms with E-state index >= 15 is 0 Å². The van der Waals surface area contributed by atoms with Gasteiger partial charge in [0, 0.05) is 6.42 Å². The summed E-state index contributed by atoms with van der Waals surface area (Å²) < 4.78 is 10.5. The van der Waals surface area contributed by atoms with Gasteiger partial charge < -0.3 is 9.47 Å². The molecule has 0 saturated heterocycles. The molecule has 1 aromatic carbocycles. The molecule has 5 nitrogen and oxygen atoms in total. The Hall–Kier alpha value is -2.04. The van der Waals surface area contributed by atoms with E-state index in [2.05, 4.69) is 10.5 Å². The van der Waals surface area contributed by atoms with Crippen LogP contribution in [-0.4, -0.2) is 26.3 Å². The third-order valence-corrected chi connectivity index (χ3v) is 6.51. The van der Waals surface area contributed by atoms with Crippen molar-refractivity contribution < 1.29 is 14.3 Å². The van der Waals surface area contributed by atoms with Gasteiger partial charge in [-0.2, -0.15) is 5.10 Å². The molecule has 4 saturated carbocycles. The monoisotopic (exact) mass is 356 g/mol. The molecule has 0 aliphatic heterocycles. The molecule has 1 aromatic rings. The number of nitrogens with zero attached hydrogens (tertiary/aromatic N) is 1. The van der Waals surface area contributed by atoms with E-state index in [9.17, 15) is 4.79 Å². The molecule has 4 aliphatic carbocycles. The number of ether oxygens (including phenoxy) is 2. The standard InChI is InChI=1S/C21H28N2O3/c1-25-18-4-3-14(8-19(18)26-2)13-22-23-20(24)12-21-9-15-5-16(10-21)7-17(6-15)11-21/h3-4,8,13,15-17H,5-7,9-12H2,1-2H3,(H,23,24)/b22-13-. The Morgan fingerprint density at radius 2 is 1.73 bits per heavy atom. The number of amides is 1. The first-order chi connectivity index (χ1) is 12.6. The zero-order chi connectivity index (χ0) is 18.1. The zero-order valence-electron chi connectivity index (χ0n) is 15.7. The second-order valence-electron chi connectivity index (χ2n) is 8.50. The van der Waals surface area contributed by atoms with Crippen LogP contribution in [0.1, 0.15) is 50.5 Å². The van der Waals surface area contributed by atoms with Gasteiger partial charge in [-0.3, -0.25) is 4.79 Å². The van der Waals surface area contributed by atoms with Crippen LogP contribution in [0.15, 0.2) is 23.3 Å². The molecule has 140 valence electrons. The number of hydrogen-bond acceptors (Lipinski definition) is 4. The molecule has 1 N–H and O–H groups in total. The molecule has 0 atom stereocenters. The second kappa shape index (κ2) is 6.93. The summed E-state index contributed by atoms with van der Waals surface area (Å²) in [5.74, 6) is 3.97. The number of hydrazone groups is 1. The lowest BCUT2D eigenvalue weighted by Crippen LogP contribution is -2.47. The lowest BCUT2D eigenvalue weighted by atomic mass is 9.49. The fourth-order valence-electron chi connectivity index (χ4n) is 6.00. The summed E-state index contributed by atoms with van der Waals surface area (Å²) in [6, 6.07) is 5.56.